The number of nitrogens with zero attached hydrogens (tertiary/aromatic N) is 4. The quantitative estimate of drug-likeness (QED) is 0.501. The highest BCUT2D eigenvalue weighted by atomic mass is 16.2. The van der Waals surface area contributed by atoms with Crippen molar-refractivity contribution in [3.63, 3.8) is 0 Å². The number of rotatable bonds is 8. The van der Waals surface area contributed by atoms with Crippen molar-refractivity contribution in [2.45, 2.75) is 26.3 Å². The van der Waals surface area contributed by atoms with Crippen molar-refractivity contribution >= 4 is 11.7 Å². The van der Waals surface area contributed by atoms with E-state index < -0.39 is 6.04 Å². The van der Waals surface area contributed by atoms with Crippen LogP contribution in [0.5, 0.6) is 0 Å². The molecule has 35 heavy (non-hydrogen) atoms. The normalized spacial score (nSPS) is 16.7. The van der Waals surface area contributed by atoms with Gasteiger partial charge in [-0.2, -0.15) is 10.4 Å². The van der Waals surface area contributed by atoms with Gasteiger partial charge in [0, 0.05) is 37.1 Å². The van der Waals surface area contributed by atoms with Gasteiger partial charge >= 0.3 is 0 Å². The van der Waals surface area contributed by atoms with Gasteiger partial charge < -0.3 is 10.6 Å². The first-order valence-electron chi connectivity index (χ1n) is 11.8. The lowest BCUT2D eigenvalue weighted by Gasteiger charge is -2.23. The van der Waals surface area contributed by atoms with E-state index in [1.807, 2.05) is 74.8 Å². The highest BCUT2D eigenvalue weighted by Crippen LogP contribution is 2.24. The lowest BCUT2D eigenvalue weighted by molar-refractivity contribution is -0.118. The number of anilines is 1. The number of aromatic nitrogens is 3. The van der Waals surface area contributed by atoms with Crippen molar-refractivity contribution in [2.24, 2.45) is 18.9 Å². The van der Waals surface area contributed by atoms with Crippen molar-refractivity contribution in [3.8, 4) is 17.2 Å². The van der Waals surface area contributed by atoms with Crippen LogP contribution in [-0.2, 0) is 11.8 Å². The number of pyridine rings is 1. The van der Waals surface area contributed by atoms with Gasteiger partial charge in [0.05, 0.1) is 17.7 Å². The zero-order valence-electron chi connectivity index (χ0n) is 20.3. The number of amides is 1. The Labute approximate surface area is 206 Å². The maximum absolute atomic E-state index is 13.3. The van der Waals surface area contributed by atoms with Gasteiger partial charge in [-0.15, -0.1) is 0 Å². The van der Waals surface area contributed by atoms with Gasteiger partial charge in [-0.05, 0) is 42.5 Å². The molecule has 0 saturated carbocycles. The summed E-state index contributed by atoms with van der Waals surface area (Å²) < 4.78 is 1.78. The molecule has 0 radical (unpaired) electrons. The molecule has 1 amide bonds. The third-order valence-corrected chi connectivity index (χ3v) is 6.23. The van der Waals surface area contributed by atoms with Crippen molar-refractivity contribution in [1.29, 1.82) is 5.26 Å². The van der Waals surface area contributed by atoms with Gasteiger partial charge in [-0.25, -0.2) is 4.98 Å². The number of allylic oxidation sites excluding steroid dienone is 3. The number of hydrogen-bond acceptors (Lipinski definition) is 5. The Bertz CT molecular complexity index is 1270. The maximum atomic E-state index is 13.3. The van der Waals surface area contributed by atoms with E-state index in [-0.39, 0.29) is 17.7 Å². The summed E-state index contributed by atoms with van der Waals surface area (Å²) in [5.41, 5.74) is 4.96. The van der Waals surface area contributed by atoms with Crippen LogP contribution < -0.4 is 10.6 Å². The van der Waals surface area contributed by atoms with Crippen LogP contribution in [0.25, 0.3) is 11.1 Å². The number of nitrogens with one attached hydrogen (secondary N) is 2. The van der Waals surface area contributed by atoms with Crippen LogP contribution in [0.15, 0.2) is 78.7 Å². The molecule has 0 spiro atoms. The van der Waals surface area contributed by atoms with Gasteiger partial charge in [0.2, 0.25) is 5.91 Å². The van der Waals surface area contributed by atoms with Gasteiger partial charge in [-0.1, -0.05) is 55.5 Å². The first-order chi connectivity index (χ1) is 16.9. The zero-order chi connectivity index (χ0) is 24.8. The molecule has 1 aliphatic carbocycles. The van der Waals surface area contributed by atoms with E-state index in [1.54, 1.807) is 10.9 Å². The predicted octanol–water partition coefficient (Wildman–Crippen LogP) is 4.72. The molecule has 0 saturated heterocycles. The minimum absolute atomic E-state index is 0.0530. The second-order valence-electron chi connectivity index (χ2n) is 8.91. The van der Waals surface area contributed by atoms with E-state index in [0.29, 0.717) is 12.4 Å². The Morgan fingerprint density at radius 1 is 1.26 bits per heavy atom. The van der Waals surface area contributed by atoms with E-state index in [2.05, 4.69) is 39.8 Å². The average molecular weight is 467 g/mol. The van der Waals surface area contributed by atoms with Crippen molar-refractivity contribution in [1.82, 2.24) is 20.1 Å². The third-order valence-electron chi connectivity index (χ3n) is 6.23. The number of carbonyl (C=O) groups is 1. The lowest BCUT2D eigenvalue weighted by atomic mass is 9.91. The number of aryl methyl sites for hydroxylation is 2. The molecule has 2 heterocycles. The molecule has 0 aliphatic heterocycles. The van der Waals surface area contributed by atoms with Crippen molar-refractivity contribution < 1.29 is 4.79 Å². The fourth-order valence-electron chi connectivity index (χ4n) is 4.23. The molecular weight excluding hydrogens is 436 g/mol. The van der Waals surface area contributed by atoms with E-state index >= 15 is 0 Å². The Morgan fingerprint density at radius 2 is 2.06 bits per heavy atom. The van der Waals surface area contributed by atoms with Gasteiger partial charge in [0.1, 0.15) is 11.9 Å². The molecule has 3 aromatic rings. The molecule has 7 heteroatoms. The summed E-state index contributed by atoms with van der Waals surface area (Å²) in [6.07, 6.45) is 10.5. The monoisotopic (exact) mass is 466 g/mol. The zero-order valence-corrected chi connectivity index (χ0v) is 20.3. The van der Waals surface area contributed by atoms with Crippen LogP contribution in [0.4, 0.5) is 5.82 Å². The molecular formula is C28H30N6O. The second-order valence-corrected chi connectivity index (χ2v) is 8.91. The van der Waals surface area contributed by atoms with E-state index in [0.717, 1.165) is 28.8 Å². The SMILES string of the molecule is Cc1nn(C)cc1-c1ccc(NC(=O)C(NCC(C)C2=CCC(C#N)C=C2)c2ccccc2)nc1. The molecule has 3 unspecified atom stereocenters. The van der Waals surface area contributed by atoms with Gasteiger partial charge in [-0.3, -0.25) is 9.48 Å². The highest BCUT2D eigenvalue weighted by molar-refractivity contribution is 5.95. The summed E-state index contributed by atoms with van der Waals surface area (Å²) in [6.45, 7) is 4.70. The van der Waals surface area contributed by atoms with Gasteiger partial charge in [0.25, 0.3) is 0 Å². The Balaban J connectivity index is 1.45. The van der Waals surface area contributed by atoms with E-state index in [4.69, 9.17) is 5.26 Å². The lowest BCUT2D eigenvalue weighted by Crippen LogP contribution is -2.36. The standard InChI is InChI=1S/C28H30N6O/c1-19(22-11-9-21(15-29)10-12-22)16-31-27(23-7-5-4-6-8-23)28(35)32-26-14-13-24(17-30-26)25-18-34(3)33-20(25)2/h4-9,11-14,17-19,21,27,31H,10,16H2,1-3H3,(H,30,32,35). The molecule has 1 aliphatic rings. The Morgan fingerprint density at radius 3 is 2.66 bits per heavy atom. The second kappa shape index (κ2) is 10.9. The number of benzene rings is 1. The maximum Gasteiger partial charge on any atom is 0.247 e. The minimum Gasteiger partial charge on any atom is -0.309 e. The summed E-state index contributed by atoms with van der Waals surface area (Å²) >= 11 is 0. The third kappa shape index (κ3) is 5.92. The fourth-order valence-corrected chi connectivity index (χ4v) is 4.23. The Hall–Kier alpha value is -4.02. The van der Waals surface area contributed by atoms with Crippen LogP contribution in [0.1, 0.15) is 30.6 Å². The molecule has 1 aromatic carbocycles. The topological polar surface area (TPSA) is 95.6 Å². The predicted molar refractivity (Wildman–Crippen MR) is 137 cm³/mol. The summed E-state index contributed by atoms with van der Waals surface area (Å²) in [4.78, 5) is 17.8. The summed E-state index contributed by atoms with van der Waals surface area (Å²) in [7, 11) is 1.89. The van der Waals surface area contributed by atoms with E-state index in [9.17, 15) is 4.79 Å². The van der Waals surface area contributed by atoms with Crippen LogP contribution >= 0.6 is 0 Å². The molecule has 2 aromatic heterocycles. The summed E-state index contributed by atoms with van der Waals surface area (Å²) in [5, 5.41) is 19.9. The minimum atomic E-state index is -0.527. The van der Waals surface area contributed by atoms with E-state index in [1.165, 1.54) is 5.57 Å². The summed E-state index contributed by atoms with van der Waals surface area (Å²) in [6, 6.07) is 15.2. The van der Waals surface area contributed by atoms with Gasteiger partial charge in [0.15, 0.2) is 0 Å². The first-order valence-corrected chi connectivity index (χ1v) is 11.8. The number of carbonyl (C=O) groups excluding carboxylic acids is 1. The Kier molecular flexibility index (Phi) is 7.54. The molecule has 0 fully saturated rings. The average Bonchev–Trinajstić information content (AvgIpc) is 3.22. The molecule has 178 valence electrons. The summed E-state index contributed by atoms with van der Waals surface area (Å²) in [5.74, 6) is 0.475. The molecule has 4 rings (SSSR count). The van der Waals surface area contributed by atoms with Crippen LogP contribution in [0.2, 0.25) is 0 Å². The van der Waals surface area contributed by atoms with Crippen LogP contribution in [0, 0.1) is 30.1 Å². The molecule has 3 atom stereocenters. The van der Waals surface area contributed by atoms with Crippen molar-refractivity contribution in [3.05, 3.63) is 89.9 Å². The van der Waals surface area contributed by atoms with Crippen LogP contribution in [-0.4, -0.2) is 27.2 Å². The largest absolute Gasteiger partial charge is 0.309 e. The molecule has 7 nitrogen and oxygen atoms in total. The highest BCUT2D eigenvalue weighted by Gasteiger charge is 2.22. The number of nitriles is 1. The van der Waals surface area contributed by atoms with Crippen molar-refractivity contribution in [2.75, 3.05) is 11.9 Å². The molecule has 0 bridgehead atoms. The first kappa shape index (κ1) is 24.1. The number of hydrogen-bond donors (Lipinski definition) is 2. The van der Waals surface area contributed by atoms with Crippen LogP contribution in [0.3, 0.4) is 0 Å². The molecule has 2 N–H and O–H groups in total. The fraction of sp³-hybridized carbons (Fsp3) is 0.286. The smallest absolute Gasteiger partial charge is 0.247 e.